The van der Waals surface area contributed by atoms with Crippen LogP contribution in [0.2, 0.25) is 0 Å². The van der Waals surface area contributed by atoms with Crippen molar-refractivity contribution >= 4 is 11.4 Å². The number of rotatable bonds is 3. The molecule has 8 heteroatoms. The first-order chi connectivity index (χ1) is 9.38. The number of halogens is 3. The Morgan fingerprint density at radius 2 is 1.95 bits per heavy atom. The van der Waals surface area contributed by atoms with Crippen LogP contribution in [0, 0.1) is 10.1 Å². The average molecular weight is 289 g/mol. The van der Waals surface area contributed by atoms with Gasteiger partial charge in [-0.1, -0.05) is 0 Å². The van der Waals surface area contributed by atoms with Crippen molar-refractivity contribution in [2.45, 2.75) is 25.1 Å². The van der Waals surface area contributed by atoms with E-state index in [0.717, 1.165) is 25.2 Å². The minimum atomic E-state index is -4.62. The minimum Gasteiger partial charge on any atom is -0.382 e. The van der Waals surface area contributed by atoms with Crippen LogP contribution in [0.15, 0.2) is 18.2 Å². The number of hydrogen-bond donors (Lipinski definition) is 2. The van der Waals surface area contributed by atoms with Crippen LogP contribution in [-0.2, 0) is 6.18 Å². The van der Waals surface area contributed by atoms with Crippen molar-refractivity contribution in [3.63, 3.8) is 0 Å². The highest BCUT2D eigenvalue weighted by atomic mass is 19.4. The second-order valence-electron chi connectivity index (χ2n) is 4.65. The predicted octanol–water partition coefficient (Wildman–Crippen LogP) is 2.78. The molecule has 1 aromatic carbocycles. The summed E-state index contributed by atoms with van der Waals surface area (Å²) in [5.74, 6) is 0. The van der Waals surface area contributed by atoms with Crippen LogP contribution in [-0.4, -0.2) is 24.1 Å². The topological polar surface area (TPSA) is 67.2 Å². The van der Waals surface area contributed by atoms with E-state index in [1.807, 2.05) is 0 Å². The molecular formula is C12H14F3N3O2. The number of nitro benzene ring substituents is 1. The zero-order chi connectivity index (χ0) is 14.8. The number of benzene rings is 1. The molecule has 2 rings (SSSR count). The van der Waals surface area contributed by atoms with Crippen LogP contribution < -0.4 is 10.6 Å². The zero-order valence-electron chi connectivity index (χ0n) is 10.5. The van der Waals surface area contributed by atoms with E-state index in [1.54, 1.807) is 0 Å². The third-order valence-corrected chi connectivity index (χ3v) is 3.22. The monoisotopic (exact) mass is 289 g/mol. The van der Waals surface area contributed by atoms with E-state index in [4.69, 9.17) is 0 Å². The number of alkyl halides is 3. The molecular weight excluding hydrogens is 275 g/mol. The maximum atomic E-state index is 13.0. The molecule has 1 aliphatic heterocycles. The van der Waals surface area contributed by atoms with E-state index in [-0.39, 0.29) is 11.7 Å². The third kappa shape index (κ3) is 3.38. The van der Waals surface area contributed by atoms with Gasteiger partial charge in [-0.15, -0.1) is 0 Å². The minimum absolute atomic E-state index is 0.0567. The molecule has 0 saturated carbocycles. The molecule has 110 valence electrons. The van der Waals surface area contributed by atoms with Crippen LogP contribution >= 0.6 is 0 Å². The van der Waals surface area contributed by atoms with Crippen LogP contribution in [0.3, 0.4) is 0 Å². The number of hydrogen-bond acceptors (Lipinski definition) is 4. The zero-order valence-corrected chi connectivity index (χ0v) is 10.5. The lowest BCUT2D eigenvalue weighted by atomic mass is 10.0. The van der Waals surface area contributed by atoms with E-state index in [1.165, 1.54) is 0 Å². The molecule has 0 aliphatic carbocycles. The molecule has 1 heterocycles. The first kappa shape index (κ1) is 14.6. The molecule has 2 N–H and O–H groups in total. The van der Waals surface area contributed by atoms with Gasteiger partial charge in [0.25, 0.3) is 5.69 Å². The number of non-ortho nitro benzene ring substituents is 1. The molecule has 1 aliphatic rings. The van der Waals surface area contributed by atoms with Crippen LogP contribution in [0.5, 0.6) is 0 Å². The maximum absolute atomic E-state index is 13.0. The molecule has 1 fully saturated rings. The van der Waals surface area contributed by atoms with Crippen molar-refractivity contribution in [3.8, 4) is 0 Å². The fourth-order valence-corrected chi connectivity index (χ4v) is 2.19. The summed E-state index contributed by atoms with van der Waals surface area (Å²) < 4.78 is 38.9. The number of nitro groups is 1. The maximum Gasteiger partial charge on any atom is 0.418 e. The summed E-state index contributed by atoms with van der Waals surface area (Å²) in [5, 5.41) is 16.5. The first-order valence-corrected chi connectivity index (χ1v) is 6.21. The number of anilines is 1. The average Bonchev–Trinajstić information content (AvgIpc) is 2.39. The second-order valence-corrected chi connectivity index (χ2v) is 4.65. The molecule has 0 aromatic heterocycles. The Labute approximate surface area is 113 Å². The van der Waals surface area contributed by atoms with Gasteiger partial charge in [-0.25, -0.2) is 0 Å². The number of nitrogens with zero attached hydrogens (tertiary/aromatic N) is 1. The molecule has 1 saturated heterocycles. The Balaban J connectivity index is 2.28. The highest BCUT2D eigenvalue weighted by Crippen LogP contribution is 2.37. The lowest BCUT2D eigenvalue weighted by molar-refractivity contribution is -0.385. The Kier molecular flexibility index (Phi) is 4.12. The van der Waals surface area contributed by atoms with Gasteiger partial charge in [0.1, 0.15) is 0 Å². The number of piperidine rings is 1. The van der Waals surface area contributed by atoms with Crippen LogP contribution in [0.4, 0.5) is 24.5 Å². The first-order valence-electron chi connectivity index (χ1n) is 6.21. The lowest BCUT2D eigenvalue weighted by Crippen LogP contribution is -2.35. The Hall–Kier alpha value is -1.83. The van der Waals surface area contributed by atoms with Crippen molar-refractivity contribution in [1.29, 1.82) is 0 Å². The molecule has 0 radical (unpaired) electrons. The van der Waals surface area contributed by atoms with Crippen molar-refractivity contribution in [2.24, 2.45) is 0 Å². The van der Waals surface area contributed by atoms with Crippen LogP contribution in [0.1, 0.15) is 18.4 Å². The van der Waals surface area contributed by atoms with Gasteiger partial charge in [-0.3, -0.25) is 10.1 Å². The van der Waals surface area contributed by atoms with E-state index < -0.39 is 22.4 Å². The normalized spacial score (nSPS) is 16.9. The van der Waals surface area contributed by atoms with Gasteiger partial charge < -0.3 is 10.6 Å². The van der Waals surface area contributed by atoms with E-state index in [2.05, 4.69) is 10.6 Å². The highest BCUT2D eigenvalue weighted by molar-refractivity contribution is 5.58. The summed E-state index contributed by atoms with van der Waals surface area (Å²) in [6.07, 6.45) is -3.19. The van der Waals surface area contributed by atoms with Crippen molar-refractivity contribution in [3.05, 3.63) is 33.9 Å². The predicted molar refractivity (Wildman–Crippen MR) is 67.6 cm³/mol. The van der Waals surface area contributed by atoms with Crippen molar-refractivity contribution < 1.29 is 18.1 Å². The molecule has 0 unspecified atom stereocenters. The summed E-state index contributed by atoms with van der Waals surface area (Å²) in [7, 11) is 0. The number of nitrogens with one attached hydrogen (secondary N) is 2. The Morgan fingerprint density at radius 3 is 2.50 bits per heavy atom. The smallest absolute Gasteiger partial charge is 0.382 e. The van der Waals surface area contributed by atoms with Crippen molar-refractivity contribution in [1.82, 2.24) is 5.32 Å². The van der Waals surface area contributed by atoms with Gasteiger partial charge in [0, 0.05) is 23.9 Å². The summed E-state index contributed by atoms with van der Waals surface area (Å²) in [5.41, 5.74) is -1.66. The third-order valence-electron chi connectivity index (χ3n) is 3.22. The quantitative estimate of drug-likeness (QED) is 0.663. The molecule has 5 nitrogen and oxygen atoms in total. The van der Waals surface area contributed by atoms with Gasteiger partial charge in [0.2, 0.25) is 0 Å². The highest BCUT2D eigenvalue weighted by Gasteiger charge is 2.35. The van der Waals surface area contributed by atoms with Gasteiger partial charge in [0.05, 0.1) is 10.5 Å². The SMILES string of the molecule is O=[N+]([O-])c1ccc(NC2CCNCC2)c(C(F)(F)F)c1. The van der Waals surface area contributed by atoms with Gasteiger partial charge >= 0.3 is 6.18 Å². The molecule has 0 atom stereocenters. The summed E-state index contributed by atoms with van der Waals surface area (Å²) in [6, 6.07) is 2.73. The van der Waals surface area contributed by atoms with Gasteiger partial charge in [0.15, 0.2) is 0 Å². The molecule has 1 aromatic rings. The fourth-order valence-electron chi connectivity index (χ4n) is 2.19. The van der Waals surface area contributed by atoms with E-state index >= 15 is 0 Å². The van der Waals surface area contributed by atoms with E-state index in [0.29, 0.717) is 18.9 Å². The van der Waals surface area contributed by atoms with E-state index in [9.17, 15) is 23.3 Å². The van der Waals surface area contributed by atoms with Gasteiger partial charge in [-0.2, -0.15) is 13.2 Å². The summed E-state index contributed by atoms with van der Waals surface area (Å²) in [4.78, 5) is 9.76. The second kappa shape index (κ2) is 5.66. The van der Waals surface area contributed by atoms with Gasteiger partial charge in [-0.05, 0) is 32.0 Å². The Bertz CT molecular complexity index is 499. The molecule has 0 bridgehead atoms. The van der Waals surface area contributed by atoms with Crippen LogP contribution in [0.25, 0.3) is 0 Å². The largest absolute Gasteiger partial charge is 0.418 e. The molecule has 0 amide bonds. The molecule has 20 heavy (non-hydrogen) atoms. The Morgan fingerprint density at radius 1 is 1.30 bits per heavy atom. The fraction of sp³-hybridized carbons (Fsp3) is 0.500. The summed E-state index contributed by atoms with van der Waals surface area (Å²) in [6.45, 7) is 1.48. The summed E-state index contributed by atoms with van der Waals surface area (Å²) >= 11 is 0. The lowest BCUT2D eigenvalue weighted by Gasteiger charge is -2.26. The van der Waals surface area contributed by atoms with Crippen molar-refractivity contribution in [2.75, 3.05) is 18.4 Å². The molecule has 0 spiro atoms. The standard InChI is InChI=1S/C12H14F3N3O2/c13-12(14,15)10-7-9(18(19)20)1-2-11(10)17-8-3-5-16-6-4-8/h1-2,7-8,16-17H,3-6H2.